The van der Waals surface area contributed by atoms with Crippen LogP contribution < -0.4 is 0 Å². The molecule has 0 bridgehead atoms. The van der Waals surface area contributed by atoms with Crippen molar-refractivity contribution in [3.05, 3.63) is 53.8 Å². The van der Waals surface area contributed by atoms with Crippen LogP contribution in [0.5, 0.6) is 5.75 Å². The van der Waals surface area contributed by atoms with Gasteiger partial charge in [0.2, 0.25) is 0 Å². The highest BCUT2D eigenvalue weighted by molar-refractivity contribution is 5.55. The summed E-state index contributed by atoms with van der Waals surface area (Å²) in [5.41, 5.74) is 1.21. The van der Waals surface area contributed by atoms with Crippen LogP contribution in [0.2, 0.25) is 0 Å². The Balaban J connectivity index is 2.33. The van der Waals surface area contributed by atoms with E-state index in [-0.39, 0.29) is 11.4 Å². The number of hydrogen-bond donors (Lipinski definition) is 1. The summed E-state index contributed by atoms with van der Waals surface area (Å²) < 4.78 is 13.1. The van der Waals surface area contributed by atoms with Crippen molar-refractivity contribution in [1.29, 1.82) is 0 Å². The predicted octanol–water partition coefficient (Wildman–Crippen LogP) is 4.26. The van der Waals surface area contributed by atoms with Crippen LogP contribution in [0.15, 0.2) is 52.7 Å². The van der Waals surface area contributed by atoms with Crippen LogP contribution in [0.1, 0.15) is 5.56 Å². The molecule has 0 radical (unpaired) electrons. The molecule has 0 aliphatic carbocycles. The Hall–Kier alpha value is -2.23. The molecule has 0 atom stereocenters. The van der Waals surface area contributed by atoms with Gasteiger partial charge in [0.1, 0.15) is 17.3 Å². The Labute approximate surface area is 98.3 Å². The molecule has 17 heavy (non-hydrogen) atoms. The maximum atomic E-state index is 13.1. The number of nitrogens with zero attached hydrogens (tertiary/aromatic N) is 2. The maximum absolute atomic E-state index is 13.1. The second kappa shape index (κ2) is 4.74. The molecule has 2 rings (SSSR count). The number of aromatic hydroxyl groups is 1. The first-order valence-corrected chi connectivity index (χ1v) is 5.13. The van der Waals surface area contributed by atoms with E-state index in [1.54, 1.807) is 19.1 Å². The highest BCUT2D eigenvalue weighted by atomic mass is 19.1. The molecule has 0 aromatic heterocycles. The van der Waals surface area contributed by atoms with Gasteiger partial charge in [0.25, 0.3) is 0 Å². The number of aryl methyl sites for hydroxylation is 1. The van der Waals surface area contributed by atoms with Crippen molar-refractivity contribution in [2.45, 2.75) is 6.92 Å². The largest absolute Gasteiger partial charge is 0.505 e. The van der Waals surface area contributed by atoms with E-state index in [0.717, 1.165) is 6.07 Å². The zero-order valence-electron chi connectivity index (χ0n) is 9.26. The molecule has 1 N–H and O–H groups in total. The van der Waals surface area contributed by atoms with Gasteiger partial charge in [0, 0.05) is 6.07 Å². The minimum absolute atomic E-state index is 0.0499. The summed E-state index contributed by atoms with van der Waals surface area (Å²) in [7, 11) is 0. The van der Waals surface area contributed by atoms with Gasteiger partial charge in [-0.2, -0.15) is 5.11 Å². The van der Waals surface area contributed by atoms with Crippen LogP contribution in [0, 0.1) is 12.7 Å². The van der Waals surface area contributed by atoms with Gasteiger partial charge in [-0.3, -0.25) is 0 Å². The van der Waals surface area contributed by atoms with Gasteiger partial charge in [0.15, 0.2) is 0 Å². The molecular formula is C13H11FN2O. The fourth-order valence-electron chi connectivity index (χ4n) is 1.40. The lowest BCUT2D eigenvalue weighted by molar-refractivity contribution is 0.470. The van der Waals surface area contributed by atoms with Gasteiger partial charge in [-0.1, -0.05) is 18.2 Å². The Bertz CT molecular complexity index is 553. The summed E-state index contributed by atoms with van der Waals surface area (Å²) in [6.45, 7) is 1.61. The van der Waals surface area contributed by atoms with Gasteiger partial charge in [0.05, 0.1) is 5.69 Å². The highest BCUT2D eigenvalue weighted by Gasteiger charge is 2.06. The van der Waals surface area contributed by atoms with Crippen molar-refractivity contribution >= 4 is 11.4 Å². The van der Waals surface area contributed by atoms with Gasteiger partial charge in [-0.25, -0.2) is 4.39 Å². The molecule has 2 aromatic rings. The van der Waals surface area contributed by atoms with Gasteiger partial charge in [-0.05, 0) is 30.7 Å². The first-order valence-electron chi connectivity index (χ1n) is 5.13. The summed E-state index contributed by atoms with van der Waals surface area (Å²) in [5, 5.41) is 17.4. The highest BCUT2D eigenvalue weighted by Crippen LogP contribution is 2.32. The van der Waals surface area contributed by atoms with Crippen LogP contribution in [0.25, 0.3) is 0 Å². The average Bonchev–Trinajstić information content (AvgIpc) is 2.33. The van der Waals surface area contributed by atoms with E-state index in [1.807, 2.05) is 18.2 Å². The SMILES string of the molecule is Cc1cc(F)cc(/N=N/c2ccccc2)c1O. The first kappa shape index (κ1) is 11.3. The Kier molecular flexibility index (Phi) is 3.14. The molecule has 0 aliphatic heterocycles. The number of azo groups is 1. The van der Waals surface area contributed by atoms with Crippen LogP contribution in [-0.4, -0.2) is 5.11 Å². The number of phenols is 1. The number of halogens is 1. The monoisotopic (exact) mass is 230 g/mol. The molecule has 0 amide bonds. The Morgan fingerprint density at radius 1 is 1.06 bits per heavy atom. The second-order valence-corrected chi connectivity index (χ2v) is 3.63. The predicted molar refractivity (Wildman–Crippen MR) is 63.4 cm³/mol. The normalized spacial score (nSPS) is 10.9. The summed E-state index contributed by atoms with van der Waals surface area (Å²) >= 11 is 0. The molecule has 86 valence electrons. The average molecular weight is 230 g/mol. The number of benzene rings is 2. The Morgan fingerprint density at radius 2 is 1.76 bits per heavy atom. The van der Waals surface area contributed by atoms with Crippen LogP contribution in [-0.2, 0) is 0 Å². The third kappa shape index (κ3) is 2.66. The fourth-order valence-corrected chi connectivity index (χ4v) is 1.40. The lowest BCUT2D eigenvalue weighted by Gasteiger charge is -2.01. The molecule has 0 saturated heterocycles. The lowest BCUT2D eigenvalue weighted by Crippen LogP contribution is -1.79. The van der Waals surface area contributed by atoms with Gasteiger partial charge >= 0.3 is 0 Å². The summed E-state index contributed by atoms with van der Waals surface area (Å²) in [6, 6.07) is 11.4. The fraction of sp³-hybridized carbons (Fsp3) is 0.0769. The van der Waals surface area contributed by atoms with Crippen molar-refractivity contribution in [3.63, 3.8) is 0 Å². The quantitative estimate of drug-likeness (QED) is 0.770. The van der Waals surface area contributed by atoms with E-state index in [2.05, 4.69) is 10.2 Å². The van der Waals surface area contributed by atoms with E-state index in [4.69, 9.17) is 0 Å². The molecule has 3 nitrogen and oxygen atoms in total. The van der Waals surface area contributed by atoms with E-state index in [1.165, 1.54) is 6.07 Å². The van der Waals surface area contributed by atoms with E-state index in [0.29, 0.717) is 11.3 Å². The van der Waals surface area contributed by atoms with Crippen molar-refractivity contribution in [2.75, 3.05) is 0 Å². The van der Waals surface area contributed by atoms with Crippen molar-refractivity contribution in [1.82, 2.24) is 0 Å². The Morgan fingerprint density at radius 3 is 2.47 bits per heavy atom. The summed E-state index contributed by atoms with van der Waals surface area (Å²) in [6.07, 6.45) is 0. The molecule has 0 fully saturated rings. The standard InChI is InChI=1S/C13H11FN2O/c1-9-7-10(14)8-12(13(9)17)16-15-11-5-3-2-4-6-11/h2-8,17H,1H3/b16-15+. The van der Waals surface area contributed by atoms with Crippen LogP contribution in [0.4, 0.5) is 15.8 Å². The van der Waals surface area contributed by atoms with Crippen molar-refractivity contribution < 1.29 is 9.50 Å². The van der Waals surface area contributed by atoms with Crippen molar-refractivity contribution in [3.8, 4) is 5.75 Å². The van der Waals surface area contributed by atoms with E-state index in [9.17, 15) is 9.50 Å². The second-order valence-electron chi connectivity index (χ2n) is 3.63. The van der Waals surface area contributed by atoms with Crippen molar-refractivity contribution in [2.24, 2.45) is 10.2 Å². The minimum atomic E-state index is -0.442. The molecule has 0 saturated carbocycles. The zero-order chi connectivity index (χ0) is 12.3. The lowest BCUT2D eigenvalue weighted by atomic mass is 10.2. The topological polar surface area (TPSA) is 45.0 Å². The van der Waals surface area contributed by atoms with Crippen LogP contribution >= 0.6 is 0 Å². The molecule has 4 heteroatoms. The molecular weight excluding hydrogens is 219 g/mol. The molecule has 0 heterocycles. The van der Waals surface area contributed by atoms with Gasteiger partial charge < -0.3 is 5.11 Å². The maximum Gasteiger partial charge on any atom is 0.146 e. The van der Waals surface area contributed by atoms with Crippen LogP contribution in [0.3, 0.4) is 0 Å². The van der Waals surface area contributed by atoms with Gasteiger partial charge in [-0.15, -0.1) is 5.11 Å². The summed E-state index contributed by atoms with van der Waals surface area (Å²) in [4.78, 5) is 0. The zero-order valence-corrected chi connectivity index (χ0v) is 9.26. The third-order valence-corrected chi connectivity index (χ3v) is 2.27. The minimum Gasteiger partial charge on any atom is -0.505 e. The molecule has 0 aliphatic rings. The smallest absolute Gasteiger partial charge is 0.146 e. The number of rotatable bonds is 2. The molecule has 0 spiro atoms. The third-order valence-electron chi connectivity index (χ3n) is 2.27. The van der Waals surface area contributed by atoms with E-state index >= 15 is 0 Å². The summed E-state index contributed by atoms with van der Waals surface area (Å²) in [5.74, 6) is -0.492. The molecule has 0 unspecified atom stereocenters. The molecule has 2 aromatic carbocycles. The number of phenolic OH excluding ortho intramolecular Hbond substituents is 1. The van der Waals surface area contributed by atoms with E-state index < -0.39 is 5.82 Å². The number of hydrogen-bond acceptors (Lipinski definition) is 3. The first-order chi connectivity index (χ1) is 8.16.